The topological polar surface area (TPSA) is 81.7 Å². The van der Waals surface area contributed by atoms with Crippen LogP contribution in [0.4, 0.5) is 5.69 Å². The Balaban J connectivity index is 1.67. The largest absolute Gasteiger partial charge is 0.476 e. The van der Waals surface area contributed by atoms with E-state index in [0.717, 1.165) is 5.56 Å². The maximum Gasteiger partial charge on any atom is 0.262 e. The molecule has 7 heteroatoms. The summed E-state index contributed by atoms with van der Waals surface area (Å²) >= 11 is 6.05. The molecular formula is C22H16ClNO5. The van der Waals surface area contributed by atoms with Crippen LogP contribution in [0.2, 0.25) is 5.02 Å². The SMILES string of the molecule is Cc1ccc2oc(-c3ccco3)c(OCC(=O)Nc3ccccc3Cl)c(=O)c2c1. The number of aryl methyl sites for hydroxylation is 1. The van der Waals surface area contributed by atoms with Crippen molar-refractivity contribution in [2.75, 3.05) is 11.9 Å². The van der Waals surface area contributed by atoms with Gasteiger partial charge in [-0.15, -0.1) is 0 Å². The predicted octanol–water partition coefficient (Wildman–Crippen LogP) is 5.03. The van der Waals surface area contributed by atoms with Crippen LogP contribution < -0.4 is 15.5 Å². The highest BCUT2D eigenvalue weighted by molar-refractivity contribution is 6.33. The van der Waals surface area contributed by atoms with Gasteiger partial charge in [-0.2, -0.15) is 0 Å². The first kappa shape index (κ1) is 18.8. The molecule has 2 heterocycles. The number of carbonyl (C=O) groups is 1. The van der Waals surface area contributed by atoms with Crippen molar-refractivity contribution in [3.63, 3.8) is 0 Å². The summed E-state index contributed by atoms with van der Waals surface area (Å²) in [4.78, 5) is 25.4. The number of para-hydroxylation sites is 1. The van der Waals surface area contributed by atoms with Crippen molar-refractivity contribution in [1.82, 2.24) is 0 Å². The number of anilines is 1. The van der Waals surface area contributed by atoms with E-state index in [4.69, 9.17) is 25.2 Å². The van der Waals surface area contributed by atoms with Crippen molar-refractivity contribution >= 4 is 34.2 Å². The van der Waals surface area contributed by atoms with E-state index in [1.165, 1.54) is 6.26 Å². The highest BCUT2D eigenvalue weighted by Crippen LogP contribution is 2.31. The molecule has 0 fully saturated rings. The first-order valence-electron chi connectivity index (χ1n) is 8.81. The van der Waals surface area contributed by atoms with Gasteiger partial charge in [0.15, 0.2) is 12.4 Å². The fourth-order valence-corrected chi connectivity index (χ4v) is 3.06. The molecule has 0 aliphatic carbocycles. The molecule has 146 valence electrons. The smallest absolute Gasteiger partial charge is 0.262 e. The van der Waals surface area contributed by atoms with Crippen LogP contribution in [0.5, 0.6) is 5.75 Å². The minimum Gasteiger partial charge on any atom is -0.476 e. The third kappa shape index (κ3) is 3.88. The second kappa shape index (κ2) is 7.85. The van der Waals surface area contributed by atoms with E-state index in [-0.39, 0.29) is 16.9 Å². The predicted molar refractivity (Wildman–Crippen MR) is 110 cm³/mol. The summed E-state index contributed by atoms with van der Waals surface area (Å²) in [6.45, 7) is 1.47. The van der Waals surface area contributed by atoms with Gasteiger partial charge < -0.3 is 18.9 Å². The summed E-state index contributed by atoms with van der Waals surface area (Å²) in [6.07, 6.45) is 1.46. The lowest BCUT2D eigenvalue weighted by Gasteiger charge is -2.11. The molecule has 29 heavy (non-hydrogen) atoms. The lowest BCUT2D eigenvalue weighted by atomic mass is 10.1. The lowest BCUT2D eigenvalue weighted by Crippen LogP contribution is -2.22. The Morgan fingerprint density at radius 3 is 2.72 bits per heavy atom. The van der Waals surface area contributed by atoms with Crippen molar-refractivity contribution in [3.05, 3.63) is 81.7 Å². The Bertz CT molecular complexity index is 1240. The van der Waals surface area contributed by atoms with Crippen LogP contribution in [0, 0.1) is 6.92 Å². The molecule has 6 nitrogen and oxygen atoms in total. The molecule has 0 atom stereocenters. The molecule has 2 aromatic carbocycles. The summed E-state index contributed by atoms with van der Waals surface area (Å²) in [5, 5.41) is 3.41. The van der Waals surface area contributed by atoms with E-state index >= 15 is 0 Å². The first-order valence-corrected chi connectivity index (χ1v) is 9.19. The molecule has 0 aliphatic rings. The van der Waals surface area contributed by atoms with Gasteiger partial charge in [0.2, 0.25) is 16.9 Å². The molecule has 0 radical (unpaired) electrons. The maximum absolute atomic E-state index is 13.0. The van der Waals surface area contributed by atoms with Crippen molar-refractivity contribution in [3.8, 4) is 17.3 Å². The molecule has 0 spiro atoms. The number of rotatable bonds is 5. The molecule has 0 aliphatic heterocycles. The minimum atomic E-state index is -0.466. The second-order valence-corrected chi connectivity index (χ2v) is 6.79. The number of halogens is 1. The molecule has 1 N–H and O–H groups in total. The van der Waals surface area contributed by atoms with Gasteiger partial charge in [-0.3, -0.25) is 9.59 Å². The number of amides is 1. The summed E-state index contributed by atoms with van der Waals surface area (Å²) < 4.78 is 16.8. The Morgan fingerprint density at radius 1 is 1.14 bits per heavy atom. The summed E-state index contributed by atoms with van der Waals surface area (Å²) in [7, 11) is 0. The Labute approximate surface area is 170 Å². The Hall–Kier alpha value is -3.51. The van der Waals surface area contributed by atoms with Crippen LogP contribution >= 0.6 is 11.6 Å². The quantitative estimate of drug-likeness (QED) is 0.499. The fraction of sp³-hybridized carbons (Fsp3) is 0.0909. The number of fused-ring (bicyclic) bond motifs is 1. The first-order chi connectivity index (χ1) is 14.0. The lowest BCUT2D eigenvalue weighted by molar-refractivity contribution is -0.118. The van der Waals surface area contributed by atoms with E-state index in [1.807, 2.05) is 13.0 Å². The normalized spacial score (nSPS) is 10.8. The standard InChI is InChI=1S/C22H16ClNO5/c1-13-8-9-17-14(11-13)20(26)22(21(29-17)18-7-4-10-27-18)28-12-19(25)24-16-6-3-2-5-15(16)23/h2-11H,12H2,1H3,(H,24,25). The van der Waals surface area contributed by atoms with E-state index in [2.05, 4.69) is 5.32 Å². The maximum atomic E-state index is 13.0. The van der Waals surface area contributed by atoms with Crippen LogP contribution in [-0.2, 0) is 4.79 Å². The zero-order valence-corrected chi connectivity index (χ0v) is 16.2. The van der Waals surface area contributed by atoms with Gasteiger partial charge in [-0.1, -0.05) is 35.4 Å². The Morgan fingerprint density at radius 2 is 1.97 bits per heavy atom. The van der Waals surface area contributed by atoms with Crippen molar-refractivity contribution in [1.29, 1.82) is 0 Å². The van der Waals surface area contributed by atoms with Gasteiger partial charge in [0, 0.05) is 0 Å². The van der Waals surface area contributed by atoms with Gasteiger partial charge in [0.1, 0.15) is 5.58 Å². The zero-order chi connectivity index (χ0) is 20.4. The summed E-state index contributed by atoms with van der Waals surface area (Å²) in [5.74, 6) is -0.104. The molecule has 0 saturated heterocycles. The van der Waals surface area contributed by atoms with Crippen LogP contribution in [0.3, 0.4) is 0 Å². The molecule has 1 amide bonds. The number of benzene rings is 2. The third-order valence-electron chi connectivity index (χ3n) is 4.24. The van der Waals surface area contributed by atoms with Gasteiger partial charge in [0.25, 0.3) is 5.91 Å². The van der Waals surface area contributed by atoms with E-state index in [9.17, 15) is 9.59 Å². The zero-order valence-electron chi connectivity index (χ0n) is 15.4. The fourth-order valence-electron chi connectivity index (χ4n) is 2.88. The summed E-state index contributed by atoms with van der Waals surface area (Å²) in [6, 6.07) is 15.4. The van der Waals surface area contributed by atoms with Gasteiger partial charge in [0.05, 0.1) is 22.4 Å². The number of nitrogens with one attached hydrogen (secondary N) is 1. The number of hydrogen-bond acceptors (Lipinski definition) is 5. The molecular weight excluding hydrogens is 394 g/mol. The van der Waals surface area contributed by atoms with Crippen molar-refractivity contribution < 1.29 is 18.4 Å². The highest BCUT2D eigenvalue weighted by atomic mass is 35.5. The van der Waals surface area contributed by atoms with E-state index in [0.29, 0.717) is 27.4 Å². The van der Waals surface area contributed by atoms with Crippen LogP contribution in [0.25, 0.3) is 22.5 Å². The van der Waals surface area contributed by atoms with E-state index < -0.39 is 12.5 Å². The highest BCUT2D eigenvalue weighted by Gasteiger charge is 2.21. The third-order valence-corrected chi connectivity index (χ3v) is 4.57. The number of ether oxygens (including phenoxy) is 1. The molecule has 4 rings (SSSR count). The van der Waals surface area contributed by atoms with E-state index in [1.54, 1.807) is 48.5 Å². The number of carbonyl (C=O) groups excluding carboxylic acids is 1. The van der Waals surface area contributed by atoms with Crippen LogP contribution in [0.15, 0.2) is 74.5 Å². The molecule has 2 aromatic heterocycles. The van der Waals surface area contributed by atoms with Crippen molar-refractivity contribution in [2.45, 2.75) is 6.92 Å². The van der Waals surface area contributed by atoms with Crippen LogP contribution in [-0.4, -0.2) is 12.5 Å². The van der Waals surface area contributed by atoms with Gasteiger partial charge >= 0.3 is 0 Å². The Kier molecular flexibility index (Phi) is 5.10. The molecule has 4 aromatic rings. The molecule has 0 saturated carbocycles. The average Bonchev–Trinajstić information content (AvgIpc) is 3.24. The van der Waals surface area contributed by atoms with Gasteiger partial charge in [-0.05, 0) is 43.3 Å². The molecule has 0 bridgehead atoms. The number of furan rings is 1. The second-order valence-electron chi connectivity index (χ2n) is 6.38. The monoisotopic (exact) mass is 409 g/mol. The summed E-state index contributed by atoms with van der Waals surface area (Å²) in [5.41, 5.74) is 1.37. The van der Waals surface area contributed by atoms with Crippen molar-refractivity contribution in [2.24, 2.45) is 0 Å². The van der Waals surface area contributed by atoms with Crippen LogP contribution in [0.1, 0.15) is 5.56 Å². The molecule has 0 unspecified atom stereocenters. The average molecular weight is 410 g/mol. The number of hydrogen-bond donors (Lipinski definition) is 1. The minimum absolute atomic E-state index is 0.0904. The van der Waals surface area contributed by atoms with Gasteiger partial charge in [-0.25, -0.2) is 0 Å².